The van der Waals surface area contributed by atoms with Gasteiger partial charge >= 0.3 is 6.18 Å². The molecule has 0 saturated heterocycles. The van der Waals surface area contributed by atoms with Gasteiger partial charge in [-0.05, 0) is 48.5 Å². The van der Waals surface area contributed by atoms with Crippen LogP contribution in [0.25, 0.3) is 11.5 Å². The number of anilines is 1. The van der Waals surface area contributed by atoms with Gasteiger partial charge in [0.25, 0.3) is 11.8 Å². The Kier molecular flexibility index (Phi) is 5.97. The average molecular weight is 467 g/mol. The second kappa shape index (κ2) is 8.89. The number of nitrogens with one attached hydrogen (secondary N) is 1. The van der Waals surface area contributed by atoms with Gasteiger partial charge in [-0.1, -0.05) is 12.1 Å². The summed E-state index contributed by atoms with van der Waals surface area (Å²) in [5.41, 5.74) is 0.248. The zero-order valence-corrected chi connectivity index (χ0v) is 18.2. The van der Waals surface area contributed by atoms with Crippen molar-refractivity contribution in [3.63, 3.8) is 0 Å². The van der Waals surface area contributed by atoms with Gasteiger partial charge in [-0.15, -0.1) is 0 Å². The first-order valence-electron chi connectivity index (χ1n) is 10.2. The lowest BCUT2D eigenvalue weighted by atomic mass is 10.1. The van der Waals surface area contributed by atoms with Gasteiger partial charge in [0.2, 0.25) is 0 Å². The van der Waals surface area contributed by atoms with Gasteiger partial charge in [-0.3, -0.25) is 9.59 Å². The van der Waals surface area contributed by atoms with Crippen LogP contribution in [0.2, 0.25) is 0 Å². The van der Waals surface area contributed by atoms with Crippen LogP contribution in [0, 0.1) is 0 Å². The number of hydrogen-bond acceptors (Lipinski definition) is 3. The standard InChI is InChI=1S/C24H20F3N5O2/c1-30(2)23(34)16-7-5-9-18(13-16)29-21(33)20-15-28-32(22(20)31-11-3-4-12-31)19-10-6-8-17(14-19)24(25,26)27/h3-15H,1-2H3,(H,29,33). The number of carbonyl (C=O) groups excluding carboxylic acids is 2. The van der Waals surface area contributed by atoms with E-state index in [0.29, 0.717) is 11.3 Å². The molecule has 0 aliphatic rings. The molecule has 2 amide bonds. The third-order valence-electron chi connectivity index (χ3n) is 5.03. The van der Waals surface area contributed by atoms with E-state index in [1.165, 1.54) is 27.9 Å². The summed E-state index contributed by atoms with van der Waals surface area (Å²) in [6.45, 7) is 0. The summed E-state index contributed by atoms with van der Waals surface area (Å²) in [6, 6.07) is 14.6. The van der Waals surface area contributed by atoms with Crippen LogP contribution in [0.3, 0.4) is 0 Å². The second-order valence-corrected chi connectivity index (χ2v) is 7.67. The minimum atomic E-state index is -4.52. The number of nitrogens with zero attached hydrogens (tertiary/aromatic N) is 4. The molecule has 0 fully saturated rings. The van der Waals surface area contributed by atoms with Gasteiger partial charge in [0.1, 0.15) is 5.56 Å². The van der Waals surface area contributed by atoms with Gasteiger partial charge in [0, 0.05) is 37.7 Å². The summed E-state index contributed by atoms with van der Waals surface area (Å²) in [6.07, 6.45) is 0.0916. The van der Waals surface area contributed by atoms with Gasteiger partial charge < -0.3 is 14.8 Å². The summed E-state index contributed by atoms with van der Waals surface area (Å²) in [5, 5.41) is 6.94. The zero-order valence-electron chi connectivity index (χ0n) is 18.2. The molecule has 2 heterocycles. The molecule has 2 aromatic heterocycles. The van der Waals surface area contributed by atoms with Crippen LogP contribution in [0.1, 0.15) is 26.3 Å². The fourth-order valence-corrected chi connectivity index (χ4v) is 3.42. The molecular weight excluding hydrogens is 447 g/mol. The maximum Gasteiger partial charge on any atom is 0.416 e. The van der Waals surface area contributed by atoms with Crippen LogP contribution in [-0.2, 0) is 6.18 Å². The molecule has 0 atom stereocenters. The molecule has 10 heteroatoms. The van der Waals surface area contributed by atoms with Gasteiger partial charge in [-0.25, -0.2) is 4.68 Å². The van der Waals surface area contributed by atoms with E-state index in [9.17, 15) is 22.8 Å². The van der Waals surface area contributed by atoms with Crippen molar-refractivity contribution in [3.05, 3.63) is 95.9 Å². The summed E-state index contributed by atoms with van der Waals surface area (Å²) in [4.78, 5) is 26.8. The van der Waals surface area contributed by atoms with E-state index in [1.54, 1.807) is 67.5 Å². The molecule has 4 rings (SSSR count). The number of hydrogen-bond donors (Lipinski definition) is 1. The molecule has 0 aliphatic heterocycles. The monoisotopic (exact) mass is 467 g/mol. The maximum absolute atomic E-state index is 13.2. The lowest BCUT2D eigenvalue weighted by Crippen LogP contribution is -2.22. The SMILES string of the molecule is CN(C)C(=O)c1cccc(NC(=O)c2cnn(-c3cccc(C(F)(F)F)c3)c2-n2cccc2)c1. The first-order chi connectivity index (χ1) is 16.1. The number of rotatable bonds is 5. The molecule has 0 spiro atoms. The Morgan fingerprint density at radius 3 is 2.35 bits per heavy atom. The van der Waals surface area contributed by atoms with Crippen molar-refractivity contribution < 1.29 is 22.8 Å². The average Bonchev–Trinajstić information content (AvgIpc) is 3.48. The molecule has 1 N–H and O–H groups in total. The smallest absolute Gasteiger partial charge is 0.345 e. The number of halogens is 3. The fourth-order valence-electron chi connectivity index (χ4n) is 3.42. The van der Waals surface area contributed by atoms with Crippen molar-refractivity contribution in [1.82, 2.24) is 19.2 Å². The van der Waals surface area contributed by atoms with Crippen molar-refractivity contribution >= 4 is 17.5 Å². The van der Waals surface area contributed by atoms with E-state index >= 15 is 0 Å². The van der Waals surface area contributed by atoms with E-state index in [4.69, 9.17) is 0 Å². The number of amides is 2. The van der Waals surface area contributed by atoms with Gasteiger partial charge in [0.15, 0.2) is 5.82 Å². The third kappa shape index (κ3) is 4.56. The second-order valence-electron chi connectivity index (χ2n) is 7.67. The third-order valence-corrected chi connectivity index (χ3v) is 5.03. The molecule has 4 aromatic rings. The molecule has 174 valence electrons. The van der Waals surface area contributed by atoms with Gasteiger partial charge in [0.05, 0.1) is 17.4 Å². The molecule has 0 aliphatic carbocycles. The van der Waals surface area contributed by atoms with Crippen LogP contribution < -0.4 is 5.32 Å². The molecule has 0 radical (unpaired) electrons. The Morgan fingerprint density at radius 2 is 1.68 bits per heavy atom. The normalized spacial score (nSPS) is 11.3. The van der Waals surface area contributed by atoms with Crippen molar-refractivity contribution in [3.8, 4) is 11.5 Å². The van der Waals surface area contributed by atoms with E-state index in [1.807, 2.05) is 0 Å². The molecule has 0 bridgehead atoms. The highest BCUT2D eigenvalue weighted by atomic mass is 19.4. The van der Waals surface area contributed by atoms with Crippen molar-refractivity contribution in [2.75, 3.05) is 19.4 Å². The van der Waals surface area contributed by atoms with Crippen LogP contribution in [0.15, 0.2) is 79.3 Å². The highest BCUT2D eigenvalue weighted by Crippen LogP contribution is 2.31. The van der Waals surface area contributed by atoms with E-state index in [2.05, 4.69) is 10.4 Å². The Hall–Kier alpha value is -4.34. The highest BCUT2D eigenvalue weighted by Gasteiger charge is 2.31. The van der Waals surface area contributed by atoms with Crippen molar-refractivity contribution in [1.29, 1.82) is 0 Å². The summed E-state index contributed by atoms with van der Waals surface area (Å²) in [7, 11) is 3.25. The summed E-state index contributed by atoms with van der Waals surface area (Å²) >= 11 is 0. The zero-order chi connectivity index (χ0) is 24.5. The Bertz CT molecular complexity index is 1340. The van der Waals surface area contributed by atoms with E-state index < -0.39 is 17.6 Å². The quantitative estimate of drug-likeness (QED) is 0.465. The van der Waals surface area contributed by atoms with Crippen molar-refractivity contribution in [2.24, 2.45) is 0 Å². The van der Waals surface area contributed by atoms with E-state index in [0.717, 1.165) is 12.1 Å². The maximum atomic E-state index is 13.2. The predicted octanol–water partition coefficient (Wildman–Crippen LogP) is 4.64. The predicted molar refractivity (Wildman–Crippen MR) is 120 cm³/mol. The summed E-state index contributed by atoms with van der Waals surface area (Å²) < 4.78 is 42.6. The molecule has 0 unspecified atom stereocenters. The lowest BCUT2D eigenvalue weighted by molar-refractivity contribution is -0.137. The highest BCUT2D eigenvalue weighted by molar-refractivity contribution is 6.07. The van der Waals surface area contributed by atoms with E-state index in [-0.39, 0.29) is 23.0 Å². The van der Waals surface area contributed by atoms with Crippen LogP contribution >= 0.6 is 0 Å². The van der Waals surface area contributed by atoms with Crippen LogP contribution in [0.4, 0.5) is 18.9 Å². The topological polar surface area (TPSA) is 72.2 Å². The molecule has 7 nitrogen and oxygen atoms in total. The molecule has 2 aromatic carbocycles. The first-order valence-corrected chi connectivity index (χ1v) is 10.2. The Morgan fingerprint density at radius 1 is 0.971 bits per heavy atom. The Balaban J connectivity index is 1.73. The van der Waals surface area contributed by atoms with Gasteiger partial charge in [-0.2, -0.15) is 18.3 Å². The Labute approximate surface area is 193 Å². The first kappa shape index (κ1) is 22.8. The molecular formula is C24H20F3N5O2. The molecule has 0 saturated carbocycles. The minimum absolute atomic E-state index is 0.137. The lowest BCUT2D eigenvalue weighted by Gasteiger charge is -2.14. The number of aromatic nitrogens is 3. The minimum Gasteiger partial charge on any atom is -0.345 e. The van der Waals surface area contributed by atoms with Crippen LogP contribution in [-0.4, -0.2) is 45.2 Å². The largest absolute Gasteiger partial charge is 0.416 e. The van der Waals surface area contributed by atoms with Crippen molar-refractivity contribution in [2.45, 2.75) is 6.18 Å². The van der Waals surface area contributed by atoms with Crippen LogP contribution in [0.5, 0.6) is 0 Å². The number of alkyl halides is 3. The number of benzene rings is 2. The molecule has 34 heavy (non-hydrogen) atoms. The summed E-state index contributed by atoms with van der Waals surface area (Å²) in [5.74, 6) is -0.486. The fraction of sp³-hybridized carbons (Fsp3) is 0.125. The number of carbonyl (C=O) groups is 2.